The fourth-order valence-corrected chi connectivity index (χ4v) is 6.41. The van der Waals surface area contributed by atoms with Gasteiger partial charge in [0.1, 0.15) is 5.82 Å². The van der Waals surface area contributed by atoms with Gasteiger partial charge in [0, 0.05) is 44.4 Å². The van der Waals surface area contributed by atoms with Crippen molar-refractivity contribution in [1.29, 1.82) is 0 Å². The number of carbonyl (C=O) groups is 2. The SMILES string of the molecule is CC1=C(C(=O)Nc2ccc(F)cc2)C(c2ccc(C(C)(C)C)s2)C2=C(CC(c3ccccc3)CC2=O)N1. The molecule has 0 spiro atoms. The van der Waals surface area contributed by atoms with Crippen molar-refractivity contribution in [2.24, 2.45) is 0 Å². The Bertz CT molecular complexity index is 1410. The third-order valence-corrected chi connectivity index (χ3v) is 8.67. The minimum Gasteiger partial charge on any atom is -0.362 e. The van der Waals surface area contributed by atoms with Gasteiger partial charge < -0.3 is 10.6 Å². The van der Waals surface area contributed by atoms with E-state index in [1.807, 2.05) is 25.1 Å². The summed E-state index contributed by atoms with van der Waals surface area (Å²) in [5.74, 6) is -0.956. The maximum absolute atomic E-state index is 13.8. The van der Waals surface area contributed by atoms with E-state index in [-0.39, 0.29) is 28.8 Å². The summed E-state index contributed by atoms with van der Waals surface area (Å²) in [7, 11) is 0. The van der Waals surface area contributed by atoms with E-state index in [1.54, 1.807) is 11.3 Å². The Labute approximate surface area is 221 Å². The average molecular weight is 515 g/mol. The fourth-order valence-electron chi connectivity index (χ4n) is 5.23. The number of thiophene rings is 1. The molecule has 1 aliphatic carbocycles. The zero-order valence-electron chi connectivity index (χ0n) is 21.5. The first kappa shape index (κ1) is 25.2. The van der Waals surface area contributed by atoms with Crippen LogP contribution in [0.3, 0.4) is 0 Å². The maximum Gasteiger partial charge on any atom is 0.254 e. The zero-order chi connectivity index (χ0) is 26.3. The van der Waals surface area contributed by atoms with E-state index >= 15 is 0 Å². The van der Waals surface area contributed by atoms with Crippen LogP contribution in [0.15, 0.2) is 89.3 Å². The standard InChI is InChI=1S/C31H31FN2O2S/c1-18-27(30(36)34-22-12-10-21(32)11-13-22)29(25-14-15-26(37-25)31(2,3)4)28-23(33-18)16-20(17-24(28)35)19-8-6-5-7-9-19/h5-15,20,29,33H,16-17H2,1-4H3,(H,34,36). The summed E-state index contributed by atoms with van der Waals surface area (Å²) in [4.78, 5) is 29.6. The van der Waals surface area contributed by atoms with Crippen LogP contribution in [0.25, 0.3) is 0 Å². The van der Waals surface area contributed by atoms with Crippen LogP contribution in [-0.4, -0.2) is 11.7 Å². The third kappa shape index (κ3) is 5.03. The number of anilines is 1. The van der Waals surface area contributed by atoms with E-state index in [9.17, 15) is 14.0 Å². The number of amides is 1. The van der Waals surface area contributed by atoms with Gasteiger partial charge in [-0.05, 0) is 66.6 Å². The normalized spacial score (nSPS) is 20.0. The Hall–Kier alpha value is -3.51. The molecule has 2 heterocycles. The molecule has 5 rings (SSSR count). The lowest BCUT2D eigenvalue weighted by molar-refractivity contribution is -0.116. The lowest BCUT2D eigenvalue weighted by Gasteiger charge is -2.36. The first-order valence-corrected chi connectivity index (χ1v) is 13.4. The zero-order valence-corrected chi connectivity index (χ0v) is 22.3. The van der Waals surface area contributed by atoms with Crippen LogP contribution in [-0.2, 0) is 15.0 Å². The van der Waals surface area contributed by atoms with E-state index in [1.165, 1.54) is 29.1 Å². The molecule has 2 unspecified atom stereocenters. The van der Waals surface area contributed by atoms with Crippen molar-refractivity contribution < 1.29 is 14.0 Å². The molecular weight excluding hydrogens is 483 g/mol. The highest BCUT2D eigenvalue weighted by Gasteiger charge is 2.41. The van der Waals surface area contributed by atoms with Crippen LogP contribution in [0.5, 0.6) is 0 Å². The Morgan fingerprint density at radius 1 is 1.00 bits per heavy atom. The molecule has 0 fully saturated rings. The molecule has 4 nitrogen and oxygen atoms in total. The first-order chi connectivity index (χ1) is 17.6. The van der Waals surface area contributed by atoms with Gasteiger partial charge in [-0.25, -0.2) is 4.39 Å². The highest BCUT2D eigenvalue weighted by atomic mass is 32.1. The van der Waals surface area contributed by atoms with Gasteiger partial charge in [0.05, 0.1) is 5.92 Å². The quantitative estimate of drug-likeness (QED) is 0.388. The van der Waals surface area contributed by atoms with Crippen LogP contribution in [0, 0.1) is 5.82 Å². The second-order valence-corrected chi connectivity index (χ2v) is 12.0. The predicted molar refractivity (Wildman–Crippen MR) is 147 cm³/mol. The van der Waals surface area contributed by atoms with E-state index in [4.69, 9.17) is 0 Å². The number of benzene rings is 2. The summed E-state index contributed by atoms with van der Waals surface area (Å²) in [5, 5.41) is 6.35. The summed E-state index contributed by atoms with van der Waals surface area (Å²) < 4.78 is 13.4. The molecule has 2 aromatic carbocycles. The van der Waals surface area contributed by atoms with Crippen molar-refractivity contribution in [3.05, 3.63) is 110 Å². The number of allylic oxidation sites excluding steroid dienone is 3. The molecule has 1 amide bonds. The fraction of sp³-hybridized carbons (Fsp3) is 0.290. The molecular formula is C31H31FN2O2S. The van der Waals surface area contributed by atoms with Crippen LogP contribution in [0.2, 0.25) is 0 Å². The minimum atomic E-state index is -0.456. The molecule has 1 aliphatic heterocycles. The molecule has 0 radical (unpaired) electrons. The number of nitrogens with one attached hydrogen (secondary N) is 2. The molecule has 3 aromatic rings. The lowest BCUT2D eigenvalue weighted by Crippen LogP contribution is -2.36. The second-order valence-electron chi connectivity index (χ2n) is 10.8. The molecule has 190 valence electrons. The van der Waals surface area contributed by atoms with Crippen molar-refractivity contribution in [3.8, 4) is 0 Å². The number of hydrogen-bond acceptors (Lipinski definition) is 4. The molecule has 2 atom stereocenters. The number of dihydropyridines is 1. The van der Waals surface area contributed by atoms with E-state index < -0.39 is 5.92 Å². The Morgan fingerprint density at radius 3 is 2.35 bits per heavy atom. The van der Waals surface area contributed by atoms with Crippen LogP contribution in [0.1, 0.15) is 67.7 Å². The van der Waals surface area contributed by atoms with Gasteiger partial charge in [-0.2, -0.15) is 0 Å². The number of halogens is 1. The minimum absolute atomic E-state index is 0.0443. The van der Waals surface area contributed by atoms with Crippen molar-refractivity contribution in [2.75, 3.05) is 5.32 Å². The van der Waals surface area contributed by atoms with Gasteiger partial charge >= 0.3 is 0 Å². The molecule has 6 heteroatoms. The molecule has 37 heavy (non-hydrogen) atoms. The van der Waals surface area contributed by atoms with Crippen molar-refractivity contribution >= 4 is 28.7 Å². The highest BCUT2D eigenvalue weighted by Crippen LogP contribution is 2.48. The van der Waals surface area contributed by atoms with Gasteiger partial charge in [0.15, 0.2) is 5.78 Å². The average Bonchev–Trinajstić information content (AvgIpc) is 3.36. The maximum atomic E-state index is 13.8. The highest BCUT2D eigenvalue weighted by molar-refractivity contribution is 7.12. The topological polar surface area (TPSA) is 58.2 Å². The summed E-state index contributed by atoms with van der Waals surface area (Å²) in [5.41, 5.74) is 4.45. The van der Waals surface area contributed by atoms with E-state index in [0.29, 0.717) is 29.7 Å². The molecule has 2 N–H and O–H groups in total. The number of ketones is 1. The van der Waals surface area contributed by atoms with Crippen molar-refractivity contribution in [3.63, 3.8) is 0 Å². The monoisotopic (exact) mass is 514 g/mol. The second kappa shape index (κ2) is 9.75. The Balaban J connectivity index is 1.57. The molecule has 0 saturated heterocycles. The number of hydrogen-bond donors (Lipinski definition) is 2. The predicted octanol–water partition coefficient (Wildman–Crippen LogP) is 7.19. The largest absolute Gasteiger partial charge is 0.362 e. The summed E-state index contributed by atoms with van der Waals surface area (Å²) in [6, 6.07) is 20.0. The van der Waals surface area contributed by atoms with Gasteiger partial charge in [-0.1, -0.05) is 51.1 Å². The van der Waals surface area contributed by atoms with Crippen LogP contribution in [0.4, 0.5) is 10.1 Å². The van der Waals surface area contributed by atoms with Gasteiger partial charge in [0.2, 0.25) is 0 Å². The summed E-state index contributed by atoms with van der Waals surface area (Å²) in [6.07, 6.45) is 1.12. The molecule has 0 bridgehead atoms. The molecule has 0 saturated carbocycles. The van der Waals surface area contributed by atoms with Gasteiger partial charge in [-0.3, -0.25) is 9.59 Å². The number of Topliss-reactive ketones (excluding diaryl/α,β-unsaturated/α-hetero) is 1. The summed E-state index contributed by atoms with van der Waals surface area (Å²) >= 11 is 1.65. The number of carbonyl (C=O) groups excluding carboxylic acids is 2. The van der Waals surface area contributed by atoms with Crippen molar-refractivity contribution in [1.82, 2.24) is 5.32 Å². The summed E-state index contributed by atoms with van der Waals surface area (Å²) in [6.45, 7) is 8.38. The lowest BCUT2D eigenvalue weighted by atomic mass is 9.73. The van der Waals surface area contributed by atoms with Crippen molar-refractivity contribution in [2.45, 2.75) is 57.8 Å². The van der Waals surface area contributed by atoms with Gasteiger partial charge in [-0.15, -0.1) is 11.3 Å². The van der Waals surface area contributed by atoms with Crippen LogP contribution >= 0.6 is 11.3 Å². The smallest absolute Gasteiger partial charge is 0.254 e. The van der Waals surface area contributed by atoms with Gasteiger partial charge in [0.25, 0.3) is 5.91 Å². The molecule has 2 aliphatic rings. The first-order valence-electron chi connectivity index (χ1n) is 12.6. The Kier molecular flexibility index (Phi) is 6.63. The molecule has 1 aromatic heterocycles. The number of rotatable bonds is 4. The third-order valence-electron chi connectivity index (χ3n) is 7.10. The van der Waals surface area contributed by atoms with E-state index in [0.717, 1.165) is 21.8 Å². The van der Waals surface area contributed by atoms with E-state index in [2.05, 4.69) is 55.7 Å². The Morgan fingerprint density at radius 2 is 1.70 bits per heavy atom. The van der Waals surface area contributed by atoms with Crippen LogP contribution < -0.4 is 10.6 Å².